The molecule has 5 nitrogen and oxygen atoms in total. The second-order valence-corrected chi connectivity index (χ2v) is 5.03. The molecule has 20 heavy (non-hydrogen) atoms. The maximum atomic E-state index is 11.9. The van der Waals surface area contributed by atoms with Gasteiger partial charge >= 0.3 is 0 Å². The normalized spacial score (nSPS) is 12.1. The lowest BCUT2D eigenvalue weighted by molar-refractivity contribution is -0.121. The van der Waals surface area contributed by atoms with Gasteiger partial charge in [-0.3, -0.25) is 9.48 Å². The van der Waals surface area contributed by atoms with Crippen molar-refractivity contribution in [3.05, 3.63) is 47.8 Å². The first-order valence-electron chi connectivity index (χ1n) is 6.65. The number of nitrogens with zero attached hydrogens (tertiary/aromatic N) is 2. The average molecular weight is 272 g/mol. The molecule has 2 aromatic rings. The predicted octanol–water partition coefficient (Wildman–Crippen LogP) is 1.81. The second-order valence-electron chi connectivity index (χ2n) is 5.03. The average Bonchev–Trinajstić information content (AvgIpc) is 2.83. The van der Waals surface area contributed by atoms with Crippen LogP contribution in [0.3, 0.4) is 0 Å². The van der Waals surface area contributed by atoms with Crippen molar-refractivity contribution in [2.75, 3.05) is 5.73 Å². The summed E-state index contributed by atoms with van der Waals surface area (Å²) < 4.78 is 1.72. The van der Waals surface area contributed by atoms with Crippen LogP contribution in [0.25, 0.3) is 0 Å². The smallest absolute Gasteiger partial charge is 0.220 e. The zero-order valence-corrected chi connectivity index (χ0v) is 11.8. The van der Waals surface area contributed by atoms with Crippen molar-refractivity contribution in [3.8, 4) is 0 Å². The van der Waals surface area contributed by atoms with Gasteiger partial charge in [0.2, 0.25) is 5.91 Å². The molecule has 0 aliphatic rings. The molecule has 0 spiro atoms. The Hall–Kier alpha value is -2.30. The number of anilines is 1. The number of hydrogen-bond donors (Lipinski definition) is 2. The number of carbonyl (C=O) groups is 1. The molecule has 1 aromatic carbocycles. The van der Waals surface area contributed by atoms with Gasteiger partial charge in [-0.05, 0) is 29.7 Å². The Balaban J connectivity index is 1.83. The minimum absolute atomic E-state index is 0.0278. The molecular weight excluding hydrogens is 252 g/mol. The van der Waals surface area contributed by atoms with Crippen molar-refractivity contribution < 1.29 is 4.79 Å². The van der Waals surface area contributed by atoms with E-state index in [1.54, 1.807) is 4.68 Å². The molecule has 0 radical (unpaired) electrons. The molecule has 1 aromatic heterocycles. The number of rotatable bonds is 5. The Bertz CT molecular complexity index is 574. The highest BCUT2D eigenvalue weighted by molar-refractivity contribution is 5.76. The lowest BCUT2D eigenvalue weighted by atomic mass is 9.97. The van der Waals surface area contributed by atoms with Crippen LogP contribution in [0.5, 0.6) is 0 Å². The molecule has 1 heterocycles. The van der Waals surface area contributed by atoms with E-state index in [-0.39, 0.29) is 11.8 Å². The van der Waals surface area contributed by atoms with E-state index < -0.39 is 0 Å². The minimum atomic E-state index is 0.0278. The molecule has 0 saturated heterocycles. The molecule has 3 N–H and O–H groups in total. The van der Waals surface area contributed by atoms with Gasteiger partial charge in [-0.15, -0.1) is 0 Å². The highest BCUT2D eigenvalue weighted by atomic mass is 16.1. The van der Waals surface area contributed by atoms with E-state index in [4.69, 9.17) is 5.73 Å². The molecule has 1 amide bonds. The van der Waals surface area contributed by atoms with Gasteiger partial charge in [0, 0.05) is 25.4 Å². The van der Waals surface area contributed by atoms with Gasteiger partial charge in [0.15, 0.2) is 0 Å². The molecule has 0 aliphatic heterocycles. The van der Waals surface area contributed by atoms with Crippen molar-refractivity contribution in [3.63, 3.8) is 0 Å². The van der Waals surface area contributed by atoms with Crippen LogP contribution in [0.4, 0.5) is 5.69 Å². The summed E-state index contributed by atoms with van der Waals surface area (Å²) in [6.07, 6.45) is 2.31. The number of carbonyl (C=O) groups excluding carboxylic acids is 1. The molecule has 0 saturated carbocycles. The molecular formula is C15H20N4O. The third-order valence-corrected chi connectivity index (χ3v) is 3.23. The summed E-state index contributed by atoms with van der Waals surface area (Å²) >= 11 is 0. The van der Waals surface area contributed by atoms with Crippen LogP contribution in [-0.4, -0.2) is 15.7 Å². The molecule has 1 unspecified atom stereocenters. The van der Waals surface area contributed by atoms with Crippen molar-refractivity contribution >= 4 is 11.6 Å². The van der Waals surface area contributed by atoms with Crippen LogP contribution in [0.2, 0.25) is 0 Å². The standard InChI is InChI=1S/C15H20N4O/c1-11(12-3-5-13(16)6-4-12)9-15(20)17-10-14-7-8-19(2)18-14/h3-8,11H,9-10,16H2,1-2H3,(H,17,20). The Morgan fingerprint density at radius 1 is 1.35 bits per heavy atom. The van der Waals surface area contributed by atoms with Gasteiger partial charge in [-0.25, -0.2) is 0 Å². The molecule has 1 atom stereocenters. The van der Waals surface area contributed by atoms with Gasteiger partial charge in [0.25, 0.3) is 0 Å². The van der Waals surface area contributed by atoms with Gasteiger partial charge in [-0.2, -0.15) is 5.10 Å². The fourth-order valence-corrected chi connectivity index (χ4v) is 2.04. The van der Waals surface area contributed by atoms with E-state index in [9.17, 15) is 4.79 Å². The number of benzene rings is 1. The third kappa shape index (κ3) is 3.85. The van der Waals surface area contributed by atoms with Crippen molar-refractivity contribution in [1.29, 1.82) is 0 Å². The van der Waals surface area contributed by atoms with E-state index in [1.165, 1.54) is 0 Å². The van der Waals surface area contributed by atoms with Gasteiger partial charge in [0.1, 0.15) is 0 Å². The quantitative estimate of drug-likeness (QED) is 0.815. The summed E-state index contributed by atoms with van der Waals surface area (Å²) in [6, 6.07) is 9.54. The van der Waals surface area contributed by atoms with Crippen LogP contribution >= 0.6 is 0 Å². The van der Waals surface area contributed by atoms with Crippen LogP contribution in [0.1, 0.15) is 30.5 Å². The summed E-state index contributed by atoms with van der Waals surface area (Å²) in [4.78, 5) is 11.9. The van der Waals surface area contributed by atoms with Crippen molar-refractivity contribution in [2.45, 2.75) is 25.8 Å². The fourth-order valence-electron chi connectivity index (χ4n) is 2.04. The number of aromatic nitrogens is 2. The van der Waals surface area contributed by atoms with E-state index >= 15 is 0 Å². The minimum Gasteiger partial charge on any atom is -0.399 e. The molecule has 5 heteroatoms. The highest BCUT2D eigenvalue weighted by Gasteiger charge is 2.11. The van der Waals surface area contributed by atoms with Gasteiger partial charge in [-0.1, -0.05) is 19.1 Å². The first-order chi connectivity index (χ1) is 9.54. The van der Waals surface area contributed by atoms with Gasteiger partial charge < -0.3 is 11.1 Å². The second kappa shape index (κ2) is 6.23. The zero-order chi connectivity index (χ0) is 14.5. The summed E-state index contributed by atoms with van der Waals surface area (Å²) in [5.41, 5.74) is 8.37. The first kappa shape index (κ1) is 14.1. The van der Waals surface area contributed by atoms with Crippen molar-refractivity contribution in [1.82, 2.24) is 15.1 Å². The third-order valence-electron chi connectivity index (χ3n) is 3.23. The summed E-state index contributed by atoms with van der Waals surface area (Å²) in [6.45, 7) is 2.50. The number of amides is 1. The summed E-state index contributed by atoms with van der Waals surface area (Å²) in [5, 5.41) is 7.10. The Kier molecular flexibility index (Phi) is 4.40. The lowest BCUT2D eigenvalue weighted by Gasteiger charge is -2.12. The van der Waals surface area contributed by atoms with Crippen LogP contribution in [0.15, 0.2) is 36.5 Å². The molecule has 0 aliphatic carbocycles. The Labute approximate surface area is 118 Å². The molecule has 0 bridgehead atoms. The van der Waals surface area contributed by atoms with Crippen LogP contribution < -0.4 is 11.1 Å². The monoisotopic (exact) mass is 272 g/mol. The summed E-state index contributed by atoms with van der Waals surface area (Å²) in [5.74, 6) is 0.194. The number of hydrogen-bond acceptors (Lipinski definition) is 3. The van der Waals surface area contributed by atoms with Crippen molar-refractivity contribution in [2.24, 2.45) is 7.05 Å². The lowest BCUT2D eigenvalue weighted by Crippen LogP contribution is -2.24. The highest BCUT2D eigenvalue weighted by Crippen LogP contribution is 2.19. The number of aryl methyl sites for hydroxylation is 1. The largest absolute Gasteiger partial charge is 0.399 e. The fraction of sp³-hybridized carbons (Fsp3) is 0.333. The molecule has 0 fully saturated rings. The van der Waals surface area contributed by atoms with E-state index in [0.717, 1.165) is 16.9 Å². The summed E-state index contributed by atoms with van der Waals surface area (Å²) in [7, 11) is 1.86. The number of nitrogens with one attached hydrogen (secondary N) is 1. The number of nitrogen functional groups attached to an aromatic ring is 1. The van der Waals surface area contributed by atoms with Crippen LogP contribution in [-0.2, 0) is 18.4 Å². The Morgan fingerprint density at radius 2 is 2.05 bits per heavy atom. The Morgan fingerprint density at radius 3 is 2.65 bits per heavy atom. The van der Waals surface area contributed by atoms with Crippen LogP contribution in [0, 0.1) is 0 Å². The van der Waals surface area contributed by atoms with Gasteiger partial charge in [0.05, 0.1) is 12.2 Å². The number of nitrogens with two attached hydrogens (primary N) is 1. The van der Waals surface area contributed by atoms with E-state index in [2.05, 4.69) is 10.4 Å². The SMILES string of the molecule is CC(CC(=O)NCc1ccn(C)n1)c1ccc(N)cc1. The topological polar surface area (TPSA) is 72.9 Å². The predicted molar refractivity (Wildman–Crippen MR) is 78.9 cm³/mol. The first-order valence-corrected chi connectivity index (χ1v) is 6.65. The zero-order valence-electron chi connectivity index (χ0n) is 11.8. The molecule has 106 valence electrons. The maximum Gasteiger partial charge on any atom is 0.220 e. The van der Waals surface area contributed by atoms with E-state index in [1.807, 2.05) is 50.5 Å². The van der Waals surface area contributed by atoms with E-state index in [0.29, 0.717) is 13.0 Å². The molecule has 2 rings (SSSR count). The maximum absolute atomic E-state index is 11.9.